The van der Waals surface area contributed by atoms with E-state index in [1.165, 1.54) is 7.11 Å². The molecule has 0 saturated carbocycles. The van der Waals surface area contributed by atoms with Crippen molar-refractivity contribution >= 4 is 29.6 Å². The van der Waals surface area contributed by atoms with Crippen LogP contribution in [0.3, 0.4) is 0 Å². The Labute approximate surface area is 411 Å². The highest BCUT2D eigenvalue weighted by molar-refractivity contribution is 6.23. The average molecular weight is 963 g/mol. The van der Waals surface area contributed by atoms with Crippen LogP contribution >= 0.6 is 0 Å². The molecule has 0 radical (unpaired) electrons. The van der Waals surface area contributed by atoms with E-state index < -0.39 is 59.4 Å². The highest BCUT2D eigenvalue weighted by atomic mass is 16.7. The van der Waals surface area contributed by atoms with Crippen molar-refractivity contribution in [2.75, 3.05) is 78.0 Å². The number of aliphatic hydroxyl groups excluding tert-OH is 2. The minimum Gasteiger partial charge on any atom is -0.491 e. The quantitative estimate of drug-likeness (QED) is 0.0882. The summed E-state index contributed by atoms with van der Waals surface area (Å²) in [7, 11) is 1.47. The van der Waals surface area contributed by atoms with Crippen LogP contribution in [0.2, 0.25) is 0 Å². The number of morpholine rings is 1. The van der Waals surface area contributed by atoms with E-state index in [-0.39, 0.29) is 65.0 Å². The highest BCUT2D eigenvalue weighted by Crippen LogP contribution is 2.66. The van der Waals surface area contributed by atoms with Gasteiger partial charge >= 0.3 is 12.1 Å². The molecule has 0 aliphatic carbocycles. The number of hydrogen-bond donors (Lipinski definition) is 2. The van der Waals surface area contributed by atoms with Gasteiger partial charge in [-0.1, -0.05) is 90.7 Å². The van der Waals surface area contributed by atoms with Crippen molar-refractivity contribution in [3.8, 4) is 29.1 Å². The number of benzene rings is 5. The van der Waals surface area contributed by atoms with Crippen LogP contribution in [0, 0.1) is 17.8 Å². The van der Waals surface area contributed by atoms with Crippen molar-refractivity contribution in [3.63, 3.8) is 0 Å². The van der Waals surface area contributed by atoms with E-state index >= 15 is 14.4 Å². The van der Waals surface area contributed by atoms with E-state index in [9.17, 15) is 15.0 Å². The van der Waals surface area contributed by atoms with Crippen LogP contribution < -0.4 is 19.1 Å². The number of fused-ring (bicyclic) bond motifs is 4. The number of anilines is 1. The van der Waals surface area contributed by atoms with Crippen molar-refractivity contribution in [1.82, 2.24) is 14.7 Å². The summed E-state index contributed by atoms with van der Waals surface area (Å²) in [4.78, 5) is 69.9. The third-order valence-corrected chi connectivity index (χ3v) is 14.0. The molecule has 3 saturated heterocycles. The van der Waals surface area contributed by atoms with E-state index in [0.29, 0.717) is 59.1 Å². The number of methoxy groups -OCH3 is 1. The fourth-order valence-electron chi connectivity index (χ4n) is 11.0. The second-order valence-corrected chi connectivity index (χ2v) is 18.0. The SMILES string of the molecule is COCCOC(=O)N1C(=O)C2(c3cc(C#CCCO)ccc31)C(C(=O)N1CCN(Cc3ccc4c(c3)OCO4)CC1)C1C(=O)OC(c3ccccc3)C(c3ccccc3)N1C2c1cccc(OCCO)c1. The Morgan fingerprint density at radius 3 is 2.25 bits per heavy atom. The highest BCUT2D eigenvalue weighted by Gasteiger charge is 2.76. The number of amides is 3. The van der Waals surface area contributed by atoms with Gasteiger partial charge in [0.25, 0.3) is 0 Å². The molecule has 2 N–H and O–H groups in total. The van der Waals surface area contributed by atoms with E-state index in [2.05, 4.69) is 16.7 Å². The third kappa shape index (κ3) is 8.74. The van der Waals surface area contributed by atoms with Crippen molar-refractivity contribution in [2.24, 2.45) is 5.92 Å². The molecular weight excluding hydrogens is 909 g/mol. The van der Waals surface area contributed by atoms with Gasteiger partial charge in [0.15, 0.2) is 11.5 Å². The average Bonchev–Trinajstić information content (AvgIpc) is 4.08. The van der Waals surface area contributed by atoms with E-state index in [1.807, 2.05) is 89.8 Å². The Bertz CT molecular complexity index is 2850. The Balaban J connectivity index is 1.18. The number of nitrogens with zero attached hydrogens (tertiary/aromatic N) is 4. The number of aliphatic hydroxyl groups is 2. The topological polar surface area (TPSA) is 177 Å². The summed E-state index contributed by atoms with van der Waals surface area (Å²) in [6.45, 7) is 1.63. The normalized spacial score (nSPS) is 23.5. The Morgan fingerprint density at radius 2 is 1.51 bits per heavy atom. The lowest BCUT2D eigenvalue weighted by atomic mass is 9.64. The first-order valence-corrected chi connectivity index (χ1v) is 23.8. The molecule has 71 heavy (non-hydrogen) atoms. The first-order chi connectivity index (χ1) is 34.8. The molecule has 6 atom stereocenters. The van der Waals surface area contributed by atoms with E-state index in [0.717, 1.165) is 16.0 Å². The number of carbonyl (C=O) groups excluding carboxylic acids is 4. The zero-order valence-corrected chi connectivity index (χ0v) is 39.2. The molecule has 5 aliphatic rings. The van der Waals surface area contributed by atoms with Crippen LogP contribution in [-0.2, 0) is 40.6 Å². The predicted molar refractivity (Wildman–Crippen MR) is 257 cm³/mol. The molecule has 5 aliphatic heterocycles. The van der Waals surface area contributed by atoms with Gasteiger partial charge in [-0.25, -0.2) is 9.69 Å². The number of hydrogen-bond acceptors (Lipinski definition) is 14. The minimum atomic E-state index is -2.04. The summed E-state index contributed by atoms with van der Waals surface area (Å²) in [5.41, 5.74) is 1.83. The first kappa shape index (κ1) is 47.4. The maximum atomic E-state index is 16.5. The zero-order valence-electron chi connectivity index (χ0n) is 39.2. The Morgan fingerprint density at radius 1 is 0.761 bits per heavy atom. The molecule has 5 aromatic carbocycles. The molecule has 366 valence electrons. The van der Waals surface area contributed by atoms with Crippen LogP contribution in [-0.4, -0.2) is 128 Å². The lowest BCUT2D eigenvalue weighted by molar-refractivity contribution is -0.179. The van der Waals surface area contributed by atoms with Gasteiger partial charge in [-0.3, -0.25) is 24.2 Å². The number of esters is 1. The van der Waals surface area contributed by atoms with E-state index in [1.54, 1.807) is 41.3 Å². The summed E-state index contributed by atoms with van der Waals surface area (Å²) in [6, 6.07) is 33.5. The van der Waals surface area contributed by atoms with Gasteiger partial charge in [-0.05, 0) is 70.3 Å². The standard InChI is InChI=1S/C55H54N4O12/c1-66-29-30-68-54(65)58-43-20-18-36(11-8-9-26-60)31-42(43)55(53(58)64)46(51(62)57-24-22-56(23-25-57)34-37-19-21-44-45(32-37)70-35-69-44)48-52(63)71-49(39-14-6-3-7-15-39)47(38-12-4-2-5-13-38)59(48)50(55)40-16-10-17-41(33-40)67-28-27-61/h2-7,10,12-21,31-33,46-50,60-61H,9,22-30,34-35H2,1H3. The maximum absolute atomic E-state index is 16.5. The van der Waals surface area contributed by atoms with Gasteiger partial charge in [-0.2, -0.15) is 0 Å². The molecule has 16 nitrogen and oxygen atoms in total. The molecule has 5 heterocycles. The fourth-order valence-corrected chi connectivity index (χ4v) is 11.0. The molecule has 16 heteroatoms. The third-order valence-electron chi connectivity index (χ3n) is 14.0. The maximum Gasteiger partial charge on any atom is 0.421 e. The van der Waals surface area contributed by atoms with Gasteiger partial charge in [0.1, 0.15) is 36.5 Å². The molecule has 10 rings (SSSR count). The zero-order chi connectivity index (χ0) is 49.1. The van der Waals surface area contributed by atoms with Crippen LogP contribution in [0.15, 0.2) is 121 Å². The van der Waals surface area contributed by atoms with Gasteiger partial charge in [0, 0.05) is 51.8 Å². The number of ether oxygens (including phenoxy) is 6. The number of imide groups is 1. The van der Waals surface area contributed by atoms with Gasteiger partial charge in [-0.15, -0.1) is 0 Å². The van der Waals surface area contributed by atoms with Crippen molar-refractivity contribution in [3.05, 3.63) is 155 Å². The molecule has 3 fully saturated rings. The fraction of sp³-hybridized carbons (Fsp3) is 0.345. The molecule has 1 spiro atoms. The minimum absolute atomic E-state index is 0.0267. The Kier molecular flexibility index (Phi) is 13.8. The number of carbonyl (C=O) groups is 4. The Hall–Kier alpha value is -7.26. The number of cyclic esters (lactones) is 1. The molecule has 5 aromatic rings. The molecule has 3 amide bonds. The van der Waals surface area contributed by atoms with Crippen molar-refractivity contribution in [1.29, 1.82) is 0 Å². The van der Waals surface area contributed by atoms with Crippen molar-refractivity contribution < 1.29 is 57.8 Å². The van der Waals surface area contributed by atoms with Crippen LogP contribution in [0.1, 0.15) is 58.0 Å². The second kappa shape index (κ2) is 20.6. The number of piperazine rings is 1. The molecule has 0 bridgehead atoms. The van der Waals surface area contributed by atoms with E-state index in [4.69, 9.17) is 28.4 Å². The van der Waals surface area contributed by atoms with Gasteiger partial charge in [0.05, 0.1) is 43.5 Å². The molecule has 0 aromatic heterocycles. The summed E-state index contributed by atoms with van der Waals surface area (Å²) >= 11 is 0. The second-order valence-electron chi connectivity index (χ2n) is 18.0. The van der Waals surface area contributed by atoms with Gasteiger partial charge < -0.3 is 43.5 Å². The number of rotatable bonds is 13. The lowest BCUT2D eigenvalue weighted by Crippen LogP contribution is -2.59. The molecule has 6 unspecified atom stereocenters. The van der Waals surface area contributed by atoms with Crippen LogP contribution in [0.4, 0.5) is 10.5 Å². The summed E-state index contributed by atoms with van der Waals surface area (Å²) < 4.78 is 34.8. The van der Waals surface area contributed by atoms with Gasteiger partial charge in [0.2, 0.25) is 18.6 Å². The van der Waals surface area contributed by atoms with Crippen molar-refractivity contribution in [2.45, 2.75) is 42.6 Å². The monoisotopic (exact) mass is 962 g/mol. The summed E-state index contributed by atoms with van der Waals surface area (Å²) in [5, 5.41) is 19.5. The van der Waals surface area contributed by atoms with Crippen LogP contribution in [0.5, 0.6) is 17.2 Å². The summed E-state index contributed by atoms with van der Waals surface area (Å²) in [5.74, 6) is 4.39. The molecular formula is C55H54N4O12. The lowest BCUT2D eigenvalue weighted by Gasteiger charge is -2.46. The summed E-state index contributed by atoms with van der Waals surface area (Å²) in [6.07, 6.45) is -1.74. The smallest absolute Gasteiger partial charge is 0.421 e. The van der Waals surface area contributed by atoms with Crippen LogP contribution in [0.25, 0.3) is 0 Å². The predicted octanol–water partition coefficient (Wildman–Crippen LogP) is 5.31. The largest absolute Gasteiger partial charge is 0.491 e. The first-order valence-electron chi connectivity index (χ1n) is 23.8.